The minimum Gasteiger partial charge on any atom is -0.321 e. The lowest BCUT2D eigenvalue weighted by Gasteiger charge is -2.11. The predicted octanol–water partition coefficient (Wildman–Crippen LogP) is 6.46. The standard InChI is InChI=1S/C24H16I2NO3P/c25-17-6-10-21-22-11-7-18(26)14-24(22)27(23(21)13-17)19-8-4-15(5-9-19)16-2-1-3-20(12-16)31(28,29)30/h1-14H,(H2,28,29,30). The molecule has 0 aliphatic rings. The highest BCUT2D eigenvalue weighted by Gasteiger charge is 2.17. The second kappa shape index (κ2) is 8.01. The summed E-state index contributed by atoms with van der Waals surface area (Å²) in [6, 6.07) is 27.6. The molecule has 0 aliphatic heterocycles. The Morgan fingerprint density at radius 2 is 1.26 bits per heavy atom. The molecule has 0 amide bonds. The second-order valence-electron chi connectivity index (χ2n) is 7.30. The van der Waals surface area contributed by atoms with Crippen LogP contribution in [-0.4, -0.2) is 14.4 Å². The quantitative estimate of drug-likeness (QED) is 0.174. The molecular weight excluding hydrogens is 635 g/mol. The molecule has 0 atom stereocenters. The van der Waals surface area contributed by atoms with Crippen molar-refractivity contribution in [1.82, 2.24) is 4.57 Å². The maximum Gasteiger partial charge on any atom is 0.356 e. The highest BCUT2D eigenvalue weighted by atomic mass is 127. The van der Waals surface area contributed by atoms with Gasteiger partial charge in [-0.25, -0.2) is 0 Å². The van der Waals surface area contributed by atoms with Crippen LogP contribution >= 0.6 is 52.8 Å². The molecular formula is C24H16I2NO3P. The number of halogens is 2. The van der Waals surface area contributed by atoms with Crippen LogP contribution in [0.4, 0.5) is 0 Å². The van der Waals surface area contributed by atoms with Crippen molar-refractivity contribution in [3.8, 4) is 16.8 Å². The van der Waals surface area contributed by atoms with Crippen LogP contribution in [-0.2, 0) is 4.57 Å². The molecule has 5 rings (SSSR count). The van der Waals surface area contributed by atoms with E-state index in [1.165, 1.54) is 24.0 Å². The molecule has 31 heavy (non-hydrogen) atoms. The molecule has 0 aliphatic carbocycles. The van der Waals surface area contributed by atoms with E-state index in [2.05, 4.69) is 98.3 Å². The minimum absolute atomic E-state index is 0.0284. The normalized spacial score (nSPS) is 12.0. The molecule has 4 aromatic carbocycles. The summed E-state index contributed by atoms with van der Waals surface area (Å²) in [5.41, 5.74) is 5.03. The number of nitrogens with zero attached hydrogens (tertiary/aromatic N) is 1. The van der Waals surface area contributed by atoms with Crippen LogP contribution in [0.1, 0.15) is 0 Å². The molecule has 0 fully saturated rings. The average Bonchev–Trinajstić information content (AvgIpc) is 3.05. The molecule has 5 aromatic rings. The summed E-state index contributed by atoms with van der Waals surface area (Å²) in [5, 5.41) is 2.45. The lowest BCUT2D eigenvalue weighted by atomic mass is 10.1. The van der Waals surface area contributed by atoms with Gasteiger partial charge in [0.1, 0.15) is 0 Å². The Kier molecular flexibility index (Phi) is 5.46. The van der Waals surface area contributed by atoms with E-state index < -0.39 is 7.60 Å². The molecule has 0 saturated carbocycles. The van der Waals surface area contributed by atoms with Gasteiger partial charge in [-0.15, -0.1) is 0 Å². The maximum atomic E-state index is 11.6. The summed E-state index contributed by atoms with van der Waals surface area (Å²) in [6.07, 6.45) is 0. The molecule has 154 valence electrons. The summed E-state index contributed by atoms with van der Waals surface area (Å²) in [6.45, 7) is 0. The first-order valence-corrected chi connectivity index (χ1v) is 13.2. The zero-order valence-electron chi connectivity index (χ0n) is 16.0. The summed E-state index contributed by atoms with van der Waals surface area (Å²) < 4.78 is 16.2. The van der Waals surface area contributed by atoms with E-state index in [0.717, 1.165) is 27.8 Å². The fourth-order valence-corrected chi connectivity index (χ4v) is 5.45. The highest BCUT2D eigenvalue weighted by Crippen LogP contribution is 2.36. The van der Waals surface area contributed by atoms with Gasteiger partial charge in [-0.1, -0.05) is 36.4 Å². The van der Waals surface area contributed by atoms with E-state index in [1.54, 1.807) is 12.1 Å². The Morgan fingerprint density at radius 1 is 0.677 bits per heavy atom. The van der Waals surface area contributed by atoms with Gasteiger partial charge >= 0.3 is 7.60 Å². The van der Waals surface area contributed by atoms with E-state index in [-0.39, 0.29) is 5.30 Å². The lowest BCUT2D eigenvalue weighted by molar-refractivity contribution is 0.387. The van der Waals surface area contributed by atoms with Gasteiger partial charge in [0.05, 0.1) is 16.3 Å². The number of rotatable bonds is 3. The number of hydrogen-bond donors (Lipinski definition) is 2. The molecule has 0 unspecified atom stereocenters. The lowest BCUT2D eigenvalue weighted by Crippen LogP contribution is -2.03. The van der Waals surface area contributed by atoms with Crippen molar-refractivity contribution in [2.45, 2.75) is 0 Å². The zero-order valence-corrected chi connectivity index (χ0v) is 21.2. The molecule has 0 saturated heterocycles. The van der Waals surface area contributed by atoms with Crippen LogP contribution in [0.25, 0.3) is 38.6 Å². The van der Waals surface area contributed by atoms with Gasteiger partial charge in [0.25, 0.3) is 0 Å². The SMILES string of the molecule is O=P(O)(O)c1cccc(-c2ccc(-n3c4cc(I)ccc4c4ccc(I)cc43)cc2)c1. The first-order valence-electron chi connectivity index (χ1n) is 9.47. The van der Waals surface area contributed by atoms with Crippen LogP contribution in [0.15, 0.2) is 84.9 Å². The molecule has 0 spiro atoms. The number of benzene rings is 4. The van der Waals surface area contributed by atoms with Crippen molar-refractivity contribution in [2.75, 3.05) is 0 Å². The fraction of sp³-hybridized carbons (Fsp3) is 0. The summed E-state index contributed by atoms with van der Waals surface area (Å²) in [4.78, 5) is 19.0. The van der Waals surface area contributed by atoms with Crippen molar-refractivity contribution >= 4 is 79.9 Å². The van der Waals surface area contributed by atoms with Gasteiger partial charge in [0.15, 0.2) is 0 Å². The van der Waals surface area contributed by atoms with E-state index >= 15 is 0 Å². The van der Waals surface area contributed by atoms with Crippen molar-refractivity contribution in [3.63, 3.8) is 0 Å². The Morgan fingerprint density at radius 3 is 1.81 bits per heavy atom. The van der Waals surface area contributed by atoms with Crippen molar-refractivity contribution in [3.05, 3.63) is 92.1 Å². The van der Waals surface area contributed by atoms with Crippen LogP contribution in [0.5, 0.6) is 0 Å². The molecule has 0 radical (unpaired) electrons. The Labute approximate surface area is 206 Å². The molecule has 4 nitrogen and oxygen atoms in total. The van der Waals surface area contributed by atoms with Gasteiger partial charge in [0, 0.05) is 23.6 Å². The van der Waals surface area contributed by atoms with Crippen molar-refractivity contribution < 1.29 is 14.4 Å². The Balaban J connectivity index is 1.67. The Bertz CT molecular complexity index is 1440. The molecule has 2 N–H and O–H groups in total. The van der Waals surface area contributed by atoms with Crippen LogP contribution < -0.4 is 5.30 Å². The van der Waals surface area contributed by atoms with Gasteiger partial charge in [-0.2, -0.15) is 0 Å². The minimum atomic E-state index is -4.28. The number of hydrogen-bond acceptors (Lipinski definition) is 1. The highest BCUT2D eigenvalue weighted by molar-refractivity contribution is 14.1. The maximum absolute atomic E-state index is 11.6. The summed E-state index contributed by atoms with van der Waals surface area (Å²) in [7, 11) is -4.28. The van der Waals surface area contributed by atoms with Crippen molar-refractivity contribution in [2.24, 2.45) is 0 Å². The van der Waals surface area contributed by atoms with E-state index in [1.807, 2.05) is 18.2 Å². The molecule has 0 bridgehead atoms. The predicted molar refractivity (Wildman–Crippen MR) is 143 cm³/mol. The van der Waals surface area contributed by atoms with Gasteiger partial charge in [-0.05, 0) is 105 Å². The zero-order chi connectivity index (χ0) is 21.8. The van der Waals surface area contributed by atoms with E-state index in [9.17, 15) is 14.4 Å². The molecule has 1 heterocycles. The number of aromatic nitrogens is 1. The third-order valence-electron chi connectivity index (χ3n) is 5.33. The number of fused-ring (bicyclic) bond motifs is 3. The first-order chi connectivity index (χ1) is 14.8. The van der Waals surface area contributed by atoms with Crippen LogP contribution in [0.3, 0.4) is 0 Å². The van der Waals surface area contributed by atoms with Crippen LogP contribution in [0.2, 0.25) is 0 Å². The second-order valence-corrected chi connectivity index (χ2v) is 11.4. The topological polar surface area (TPSA) is 62.5 Å². The molecule has 7 heteroatoms. The summed E-state index contributed by atoms with van der Waals surface area (Å²) >= 11 is 4.68. The van der Waals surface area contributed by atoms with E-state index in [4.69, 9.17) is 0 Å². The third kappa shape index (κ3) is 3.96. The largest absolute Gasteiger partial charge is 0.356 e. The summed E-state index contributed by atoms with van der Waals surface area (Å²) in [5.74, 6) is 0. The van der Waals surface area contributed by atoms with E-state index in [0.29, 0.717) is 0 Å². The molecule has 1 aromatic heterocycles. The van der Waals surface area contributed by atoms with Gasteiger partial charge in [0.2, 0.25) is 0 Å². The Hall–Kier alpha value is -1.71. The van der Waals surface area contributed by atoms with Gasteiger partial charge in [-0.3, -0.25) is 4.57 Å². The van der Waals surface area contributed by atoms with Crippen molar-refractivity contribution in [1.29, 1.82) is 0 Å². The van der Waals surface area contributed by atoms with Crippen LogP contribution in [0, 0.1) is 7.14 Å². The smallest absolute Gasteiger partial charge is 0.321 e. The average molecular weight is 651 g/mol. The fourth-order valence-electron chi connectivity index (χ4n) is 3.91. The van der Waals surface area contributed by atoms with Gasteiger partial charge < -0.3 is 14.4 Å². The monoisotopic (exact) mass is 651 g/mol. The first kappa shape index (κ1) is 21.2. The third-order valence-corrected chi connectivity index (χ3v) is 7.63.